The fourth-order valence-electron chi connectivity index (χ4n) is 4.17. The summed E-state index contributed by atoms with van der Waals surface area (Å²) in [6.07, 6.45) is 1.27. The molecule has 4 rings (SSSR count). The summed E-state index contributed by atoms with van der Waals surface area (Å²) in [6.45, 7) is 0.722. The van der Waals surface area contributed by atoms with Crippen molar-refractivity contribution in [1.82, 2.24) is 15.1 Å². The number of phenols is 1. The number of rotatable bonds is 5. The molecule has 1 aliphatic rings. The zero-order valence-electron chi connectivity index (χ0n) is 19.2. The van der Waals surface area contributed by atoms with Crippen molar-refractivity contribution in [3.05, 3.63) is 71.8 Å². The maximum absolute atomic E-state index is 13.2. The molecule has 0 aromatic heterocycles. The van der Waals surface area contributed by atoms with Crippen LogP contribution < -0.4 is 10.6 Å². The van der Waals surface area contributed by atoms with Crippen molar-refractivity contribution in [2.75, 3.05) is 26.0 Å². The van der Waals surface area contributed by atoms with Crippen molar-refractivity contribution in [3.8, 4) is 5.75 Å². The topological polar surface area (TPSA) is 102 Å². The summed E-state index contributed by atoms with van der Waals surface area (Å²) in [5.41, 5.74) is 1.66. The highest BCUT2D eigenvalue weighted by molar-refractivity contribution is 6.05. The van der Waals surface area contributed by atoms with Crippen LogP contribution in [0, 0.1) is 0 Å². The Labute approximate surface area is 198 Å². The lowest BCUT2D eigenvalue weighted by Gasteiger charge is -2.24. The van der Waals surface area contributed by atoms with Crippen molar-refractivity contribution in [3.63, 3.8) is 0 Å². The van der Waals surface area contributed by atoms with Gasteiger partial charge in [0.15, 0.2) is 0 Å². The van der Waals surface area contributed by atoms with E-state index in [2.05, 4.69) is 10.6 Å². The minimum atomic E-state index is -0.602. The van der Waals surface area contributed by atoms with Crippen LogP contribution in [-0.4, -0.2) is 59.4 Å². The number of fused-ring (bicyclic) bond motifs is 1. The Morgan fingerprint density at radius 2 is 1.85 bits per heavy atom. The van der Waals surface area contributed by atoms with Gasteiger partial charge in [0.1, 0.15) is 11.8 Å². The predicted octanol–water partition coefficient (Wildman–Crippen LogP) is 3.56. The summed E-state index contributed by atoms with van der Waals surface area (Å²) in [5, 5.41) is 17.8. The molecule has 4 amide bonds. The molecule has 0 radical (unpaired) electrons. The van der Waals surface area contributed by atoms with Crippen LogP contribution >= 0.6 is 0 Å². The van der Waals surface area contributed by atoms with Gasteiger partial charge in [-0.1, -0.05) is 42.5 Å². The molecule has 0 saturated carbocycles. The standard InChI is InChI=1S/C26H28N4O4/c1-29(2)26(34)28-19-9-5-7-17(15-19)16-27-24(32)22-11-6-14-30(22)25(33)21-13-12-18-8-3-4-10-20(18)23(21)31/h3-5,7-10,12-13,15,22,31H,6,11,14,16H2,1-2H3,(H,27,32)(H,28,34). The molecule has 0 aliphatic carbocycles. The van der Waals surface area contributed by atoms with Gasteiger partial charge in [0.05, 0.1) is 5.56 Å². The minimum Gasteiger partial charge on any atom is -0.506 e. The zero-order valence-corrected chi connectivity index (χ0v) is 19.2. The average molecular weight is 461 g/mol. The number of likely N-dealkylation sites (tertiary alicyclic amines) is 1. The first-order valence-corrected chi connectivity index (χ1v) is 11.2. The molecule has 8 heteroatoms. The first kappa shape index (κ1) is 23.1. The van der Waals surface area contributed by atoms with E-state index in [9.17, 15) is 19.5 Å². The van der Waals surface area contributed by atoms with Crippen molar-refractivity contribution >= 4 is 34.3 Å². The maximum Gasteiger partial charge on any atom is 0.321 e. The molecular formula is C26H28N4O4. The van der Waals surface area contributed by atoms with Gasteiger partial charge in [0, 0.05) is 38.3 Å². The first-order valence-electron chi connectivity index (χ1n) is 11.2. The molecule has 0 spiro atoms. The summed E-state index contributed by atoms with van der Waals surface area (Å²) in [6, 6.07) is 17.1. The van der Waals surface area contributed by atoms with E-state index < -0.39 is 6.04 Å². The molecule has 1 atom stereocenters. The summed E-state index contributed by atoms with van der Waals surface area (Å²) < 4.78 is 0. The molecule has 1 fully saturated rings. The Kier molecular flexibility index (Phi) is 6.67. The number of hydrogen-bond acceptors (Lipinski definition) is 4. The third-order valence-electron chi connectivity index (χ3n) is 6.00. The second-order valence-electron chi connectivity index (χ2n) is 8.58. The number of anilines is 1. The normalized spacial score (nSPS) is 15.2. The number of amides is 4. The molecule has 34 heavy (non-hydrogen) atoms. The van der Waals surface area contributed by atoms with Crippen LogP contribution in [-0.2, 0) is 11.3 Å². The van der Waals surface area contributed by atoms with Crippen LogP contribution in [0.2, 0.25) is 0 Å². The number of benzene rings is 3. The van der Waals surface area contributed by atoms with E-state index in [0.29, 0.717) is 30.5 Å². The third-order valence-corrected chi connectivity index (χ3v) is 6.00. The number of carbonyl (C=O) groups is 3. The summed E-state index contributed by atoms with van der Waals surface area (Å²) >= 11 is 0. The molecule has 1 saturated heterocycles. The van der Waals surface area contributed by atoms with Gasteiger partial charge in [-0.25, -0.2) is 4.79 Å². The molecule has 176 valence electrons. The van der Waals surface area contributed by atoms with E-state index in [4.69, 9.17) is 0 Å². The monoisotopic (exact) mass is 460 g/mol. The Balaban J connectivity index is 1.44. The van der Waals surface area contributed by atoms with Gasteiger partial charge >= 0.3 is 6.03 Å². The molecular weight excluding hydrogens is 432 g/mol. The minimum absolute atomic E-state index is 0.0641. The van der Waals surface area contributed by atoms with E-state index in [1.54, 1.807) is 50.5 Å². The Morgan fingerprint density at radius 1 is 1.06 bits per heavy atom. The van der Waals surface area contributed by atoms with Gasteiger partial charge in [-0.3, -0.25) is 9.59 Å². The highest BCUT2D eigenvalue weighted by Gasteiger charge is 2.35. The highest BCUT2D eigenvalue weighted by Crippen LogP contribution is 2.31. The summed E-state index contributed by atoms with van der Waals surface area (Å²) in [4.78, 5) is 41.1. The lowest BCUT2D eigenvalue weighted by Crippen LogP contribution is -2.45. The van der Waals surface area contributed by atoms with Crippen LogP contribution in [0.3, 0.4) is 0 Å². The van der Waals surface area contributed by atoms with Crippen molar-refractivity contribution in [1.29, 1.82) is 0 Å². The predicted molar refractivity (Wildman–Crippen MR) is 131 cm³/mol. The molecule has 3 N–H and O–H groups in total. The van der Waals surface area contributed by atoms with Gasteiger partial charge in [-0.2, -0.15) is 0 Å². The van der Waals surface area contributed by atoms with Crippen LogP contribution in [0.5, 0.6) is 5.75 Å². The van der Waals surface area contributed by atoms with E-state index in [1.807, 2.05) is 24.3 Å². The summed E-state index contributed by atoms with van der Waals surface area (Å²) in [7, 11) is 3.32. The van der Waals surface area contributed by atoms with E-state index in [1.165, 1.54) is 9.80 Å². The second-order valence-corrected chi connectivity index (χ2v) is 8.58. The van der Waals surface area contributed by atoms with Crippen molar-refractivity contribution in [2.45, 2.75) is 25.4 Å². The maximum atomic E-state index is 13.2. The van der Waals surface area contributed by atoms with Gasteiger partial charge in [-0.05, 0) is 42.0 Å². The zero-order chi connectivity index (χ0) is 24.2. The van der Waals surface area contributed by atoms with Crippen LogP contribution in [0.4, 0.5) is 10.5 Å². The lowest BCUT2D eigenvalue weighted by molar-refractivity contribution is -0.125. The molecule has 8 nitrogen and oxygen atoms in total. The number of nitrogens with one attached hydrogen (secondary N) is 2. The van der Waals surface area contributed by atoms with E-state index in [0.717, 1.165) is 10.9 Å². The molecule has 1 unspecified atom stereocenters. The van der Waals surface area contributed by atoms with Crippen molar-refractivity contribution < 1.29 is 19.5 Å². The van der Waals surface area contributed by atoms with Crippen LogP contribution in [0.1, 0.15) is 28.8 Å². The lowest BCUT2D eigenvalue weighted by atomic mass is 10.0. The molecule has 1 heterocycles. The number of urea groups is 1. The first-order chi connectivity index (χ1) is 16.3. The highest BCUT2D eigenvalue weighted by atomic mass is 16.3. The molecule has 0 bridgehead atoms. The number of phenolic OH excluding ortho intramolecular Hbond substituents is 1. The molecule has 3 aromatic carbocycles. The Hall–Kier alpha value is -4.07. The number of carbonyl (C=O) groups excluding carboxylic acids is 3. The smallest absolute Gasteiger partial charge is 0.321 e. The molecule has 3 aromatic rings. The summed E-state index contributed by atoms with van der Waals surface area (Å²) in [5.74, 6) is -0.658. The van der Waals surface area contributed by atoms with Gasteiger partial charge < -0.3 is 25.5 Å². The number of nitrogens with zero attached hydrogens (tertiary/aromatic N) is 2. The van der Waals surface area contributed by atoms with Crippen LogP contribution in [0.15, 0.2) is 60.7 Å². The van der Waals surface area contributed by atoms with Gasteiger partial charge in [0.2, 0.25) is 5.91 Å². The van der Waals surface area contributed by atoms with Gasteiger partial charge in [-0.15, -0.1) is 0 Å². The van der Waals surface area contributed by atoms with E-state index >= 15 is 0 Å². The second kappa shape index (κ2) is 9.82. The largest absolute Gasteiger partial charge is 0.506 e. The van der Waals surface area contributed by atoms with Gasteiger partial charge in [0.25, 0.3) is 5.91 Å². The Bertz CT molecular complexity index is 1240. The van der Waals surface area contributed by atoms with E-state index in [-0.39, 0.29) is 35.7 Å². The number of hydrogen-bond donors (Lipinski definition) is 3. The Morgan fingerprint density at radius 3 is 2.65 bits per heavy atom. The van der Waals surface area contributed by atoms with Crippen molar-refractivity contribution in [2.24, 2.45) is 0 Å². The number of aromatic hydroxyl groups is 1. The molecule has 1 aliphatic heterocycles. The fraction of sp³-hybridized carbons (Fsp3) is 0.269. The van der Waals surface area contributed by atoms with Crippen LogP contribution in [0.25, 0.3) is 10.8 Å². The fourth-order valence-corrected chi connectivity index (χ4v) is 4.17. The quantitative estimate of drug-likeness (QED) is 0.542. The SMILES string of the molecule is CN(C)C(=O)Nc1cccc(CNC(=O)C2CCCN2C(=O)c2ccc3ccccc3c2O)c1. The third kappa shape index (κ3) is 4.80. The average Bonchev–Trinajstić information content (AvgIpc) is 3.33.